The lowest BCUT2D eigenvalue weighted by molar-refractivity contribution is 0.404. The van der Waals surface area contributed by atoms with Crippen LogP contribution in [0.15, 0.2) is 66.7 Å². The summed E-state index contributed by atoms with van der Waals surface area (Å²) in [4.78, 5) is 2.11. The Balaban J connectivity index is 1.82. The van der Waals surface area contributed by atoms with Gasteiger partial charge >= 0.3 is 0 Å². The molecule has 1 N–H and O–H groups in total. The molecule has 0 aliphatic carbocycles. The lowest BCUT2D eigenvalue weighted by atomic mass is 10.1. The molecule has 6 heteroatoms. The van der Waals surface area contributed by atoms with Gasteiger partial charge in [0.25, 0.3) is 0 Å². The van der Waals surface area contributed by atoms with Crippen molar-refractivity contribution < 1.29 is 9.47 Å². The van der Waals surface area contributed by atoms with Crippen LogP contribution in [0.2, 0.25) is 5.02 Å². The summed E-state index contributed by atoms with van der Waals surface area (Å²) in [5.41, 5.74) is 4.17. The lowest BCUT2D eigenvalue weighted by Gasteiger charge is -2.27. The van der Waals surface area contributed by atoms with Crippen LogP contribution < -0.4 is 14.8 Å². The highest BCUT2D eigenvalue weighted by Gasteiger charge is 2.14. The van der Waals surface area contributed by atoms with Gasteiger partial charge in [-0.1, -0.05) is 41.9 Å². The number of benzene rings is 3. The average Bonchev–Trinajstić information content (AvgIpc) is 2.76. The van der Waals surface area contributed by atoms with Crippen LogP contribution >= 0.6 is 23.8 Å². The summed E-state index contributed by atoms with van der Waals surface area (Å²) in [7, 11) is 3.32. The fourth-order valence-corrected chi connectivity index (χ4v) is 3.44. The monoisotopic (exact) mass is 440 g/mol. The predicted octanol–water partition coefficient (Wildman–Crippen LogP) is 6.06. The number of thiocarbonyl (C=S) groups is 1. The van der Waals surface area contributed by atoms with E-state index >= 15 is 0 Å². The van der Waals surface area contributed by atoms with Crippen LogP contribution in [0, 0.1) is 6.92 Å². The number of nitrogens with one attached hydrogen (secondary N) is 1. The standard InChI is InChI=1S/C24H25ClN2O2S/c1-17-4-13-22(25)23(14-17)26-24(30)27(15-18-5-9-20(28-2)10-6-18)16-19-7-11-21(29-3)12-8-19/h4-14H,15-16H2,1-3H3,(H,26,30). The normalized spacial score (nSPS) is 10.4. The van der Waals surface area contributed by atoms with Crippen LogP contribution in [0.25, 0.3) is 0 Å². The van der Waals surface area contributed by atoms with Crippen molar-refractivity contribution in [3.8, 4) is 11.5 Å². The van der Waals surface area contributed by atoms with Crippen molar-refractivity contribution in [3.05, 3.63) is 88.4 Å². The molecule has 0 unspecified atom stereocenters. The van der Waals surface area contributed by atoms with Gasteiger partial charge in [0.05, 0.1) is 24.9 Å². The summed E-state index contributed by atoms with van der Waals surface area (Å²) >= 11 is 12.1. The summed E-state index contributed by atoms with van der Waals surface area (Å²) in [5.74, 6) is 1.65. The summed E-state index contributed by atoms with van der Waals surface area (Å²) in [5, 5.41) is 4.55. The van der Waals surface area contributed by atoms with Crippen molar-refractivity contribution in [2.24, 2.45) is 0 Å². The van der Waals surface area contributed by atoms with Crippen molar-refractivity contribution >= 4 is 34.6 Å². The van der Waals surface area contributed by atoms with E-state index in [1.54, 1.807) is 14.2 Å². The highest BCUT2D eigenvalue weighted by molar-refractivity contribution is 7.80. The maximum absolute atomic E-state index is 6.36. The summed E-state index contributed by atoms with van der Waals surface area (Å²) in [6, 6.07) is 21.8. The first kappa shape index (κ1) is 21.9. The highest BCUT2D eigenvalue weighted by atomic mass is 35.5. The third-order valence-electron chi connectivity index (χ3n) is 4.72. The highest BCUT2D eigenvalue weighted by Crippen LogP contribution is 2.24. The molecule has 3 rings (SSSR count). The molecule has 30 heavy (non-hydrogen) atoms. The molecule has 4 nitrogen and oxygen atoms in total. The zero-order valence-electron chi connectivity index (χ0n) is 17.3. The molecule has 156 valence electrons. The molecule has 0 heterocycles. The number of aryl methyl sites for hydroxylation is 1. The predicted molar refractivity (Wildman–Crippen MR) is 128 cm³/mol. The van der Waals surface area contributed by atoms with E-state index in [0.29, 0.717) is 23.2 Å². The third kappa shape index (κ3) is 5.88. The van der Waals surface area contributed by atoms with E-state index in [2.05, 4.69) is 10.2 Å². The molecule has 0 aliphatic heterocycles. The number of hydrogen-bond acceptors (Lipinski definition) is 3. The van der Waals surface area contributed by atoms with Crippen LogP contribution in [0.4, 0.5) is 5.69 Å². The van der Waals surface area contributed by atoms with E-state index in [-0.39, 0.29) is 0 Å². The van der Waals surface area contributed by atoms with E-state index in [9.17, 15) is 0 Å². The third-order valence-corrected chi connectivity index (χ3v) is 5.41. The number of rotatable bonds is 7. The molecular formula is C24H25ClN2O2S. The molecule has 3 aromatic rings. The van der Waals surface area contributed by atoms with Crippen LogP contribution in [-0.4, -0.2) is 24.2 Å². The zero-order valence-corrected chi connectivity index (χ0v) is 18.9. The first-order chi connectivity index (χ1) is 14.5. The molecule has 0 amide bonds. The number of halogens is 1. The Labute approximate surface area is 188 Å². The Hall–Kier alpha value is -2.76. The number of methoxy groups -OCH3 is 2. The molecule has 0 aromatic heterocycles. The van der Waals surface area contributed by atoms with Crippen molar-refractivity contribution in [3.63, 3.8) is 0 Å². The molecule has 0 aliphatic rings. The summed E-state index contributed by atoms with van der Waals surface area (Å²) in [6.07, 6.45) is 0. The zero-order chi connectivity index (χ0) is 21.5. The van der Waals surface area contributed by atoms with Crippen LogP contribution in [-0.2, 0) is 13.1 Å². The summed E-state index contributed by atoms with van der Waals surface area (Å²) < 4.78 is 10.5. The Kier molecular flexibility index (Phi) is 7.55. The Morgan fingerprint density at radius 2 is 1.37 bits per heavy atom. The maximum Gasteiger partial charge on any atom is 0.174 e. The largest absolute Gasteiger partial charge is 0.497 e. The quantitative estimate of drug-likeness (QED) is 0.451. The van der Waals surface area contributed by atoms with Gasteiger partial charge in [-0.2, -0.15) is 0 Å². The number of ether oxygens (including phenoxy) is 2. The second kappa shape index (κ2) is 10.3. The Morgan fingerprint density at radius 1 is 0.867 bits per heavy atom. The van der Waals surface area contributed by atoms with Crippen molar-refractivity contribution in [1.82, 2.24) is 4.90 Å². The van der Waals surface area contributed by atoms with Gasteiger partial charge in [-0.3, -0.25) is 0 Å². The molecule has 0 bridgehead atoms. The topological polar surface area (TPSA) is 33.7 Å². The van der Waals surface area contributed by atoms with Gasteiger partial charge in [0.2, 0.25) is 0 Å². The van der Waals surface area contributed by atoms with Crippen LogP contribution in [0.3, 0.4) is 0 Å². The molecular weight excluding hydrogens is 416 g/mol. The smallest absolute Gasteiger partial charge is 0.174 e. The first-order valence-corrected chi connectivity index (χ1v) is 10.3. The Morgan fingerprint density at radius 3 is 1.83 bits per heavy atom. The number of nitrogens with zero attached hydrogens (tertiary/aromatic N) is 1. The van der Waals surface area contributed by atoms with Gasteiger partial charge < -0.3 is 19.7 Å². The number of anilines is 1. The van der Waals surface area contributed by atoms with Gasteiger partial charge in [0, 0.05) is 13.1 Å². The lowest BCUT2D eigenvalue weighted by Crippen LogP contribution is -2.34. The maximum atomic E-state index is 6.36. The average molecular weight is 441 g/mol. The first-order valence-electron chi connectivity index (χ1n) is 9.56. The van der Waals surface area contributed by atoms with Crippen LogP contribution in [0.1, 0.15) is 16.7 Å². The van der Waals surface area contributed by atoms with E-state index in [4.69, 9.17) is 33.3 Å². The van der Waals surface area contributed by atoms with Crippen molar-refractivity contribution in [2.75, 3.05) is 19.5 Å². The SMILES string of the molecule is COc1ccc(CN(Cc2ccc(OC)cc2)C(=S)Nc2cc(C)ccc2Cl)cc1. The summed E-state index contributed by atoms with van der Waals surface area (Å²) in [6.45, 7) is 3.31. The van der Waals surface area contributed by atoms with Crippen molar-refractivity contribution in [2.45, 2.75) is 20.0 Å². The molecule has 0 spiro atoms. The minimum atomic E-state index is 0.606. The van der Waals surface area contributed by atoms with Gasteiger partial charge in [-0.25, -0.2) is 0 Å². The minimum absolute atomic E-state index is 0.606. The van der Waals surface area contributed by atoms with Crippen LogP contribution in [0.5, 0.6) is 11.5 Å². The van der Waals surface area contributed by atoms with Gasteiger partial charge in [0.1, 0.15) is 11.5 Å². The second-order valence-electron chi connectivity index (χ2n) is 6.97. The van der Waals surface area contributed by atoms with Gasteiger partial charge in [0.15, 0.2) is 5.11 Å². The van der Waals surface area contributed by atoms with E-state index in [1.807, 2.05) is 73.7 Å². The number of hydrogen-bond donors (Lipinski definition) is 1. The molecule has 0 radical (unpaired) electrons. The van der Waals surface area contributed by atoms with E-state index in [1.165, 1.54) is 0 Å². The minimum Gasteiger partial charge on any atom is -0.497 e. The fraction of sp³-hybridized carbons (Fsp3) is 0.208. The Bertz CT molecular complexity index is 942. The molecule has 3 aromatic carbocycles. The second-order valence-corrected chi connectivity index (χ2v) is 7.76. The molecule has 0 saturated carbocycles. The molecule has 0 fully saturated rings. The molecule has 0 saturated heterocycles. The van der Waals surface area contributed by atoms with Gasteiger partial charge in [-0.15, -0.1) is 0 Å². The van der Waals surface area contributed by atoms with Gasteiger partial charge in [-0.05, 0) is 72.2 Å². The van der Waals surface area contributed by atoms with Crippen molar-refractivity contribution in [1.29, 1.82) is 0 Å². The fourth-order valence-electron chi connectivity index (χ4n) is 3.03. The van der Waals surface area contributed by atoms with E-state index in [0.717, 1.165) is 33.9 Å². The molecule has 0 atom stereocenters. The van der Waals surface area contributed by atoms with E-state index < -0.39 is 0 Å².